The molecule has 0 radical (unpaired) electrons. The molecule has 1 N–H and O–H groups in total. The molecule has 0 spiro atoms. The lowest BCUT2D eigenvalue weighted by Crippen LogP contribution is -2.32. The molecule has 0 atom stereocenters. The van der Waals surface area contributed by atoms with Gasteiger partial charge in [0.05, 0.1) is 51.6 Å². The fourth-order valence-electron chi connectivity index (χ4n) is 3.62. The summed E-state index contributed by atoms with van der Waals surface area (Å²) < 4.78 is 27.1. The molecule has 0 amide bonds. The number of hydrogen-bond donors (Lipinski definition) is 1. The highest BCUT2D eigenvalue weighted by Gasteiger charge is 2.40. The average molecular weight is 419 g/mol. The van der Waals surface area contributed by atoms with Gasteiger partial charge in [-0.15, -0.1) is 0 Å². The molecule has 1 aliphatic heterocycles. The first-order valence-corrected chi connectivity index (χ1v) is 9.67. The van der Waals surface area contributed by atoms with Crippen molar-refractivity contribution in [2.45, 2.75) is 33.6 Å². The third kappa shape index (κ3) is 4.22. The van der Waals surface area contributed by atoms with E-state index < -0.39 is 17.9 Å². The van der Waals surface area contributed by atoms with Gasteiger partial charge in [0, 0.05) is 17.0 Å². The number of esters is 2. The molecular formula is C22H29NO7. The van der Waals surface area contributed by atoms with Crippen molar-refractivity contribution in [3.63, 3.8) is 0 Å². The van der Waals surface area contributed by atoms with E-state index in [0.29, 0.717) is 45.4 Å². The molecule has 0 unspecified atom stereocenters. The Balaban J connectivity index is 2.83. The number of methoxy groups -OCH3 is 3. The minimum atomic E-state index is -0.779. The molecule has 1 aliphatic rings. The molecule has 8 heteroatoms. The van der Waals surface area contributed by atoms with Gasteiger partial charge < -0.3 is 29.0 Å². The highest BCUT2D eigenvalue weighted by atomic mass is 16.5. The van der Waals surface area contributed by atoms with E-state index in [4.69, 9.17) is 23.7 Å². The van der Waals surface area contributed by atoms with Gasteiger partial charge in [0.15, 0.2) is 11.5 Å². The Labute approximate surface area is 176 Å². The third-order valence-corrected chi connectivity index (χ3v) is 4.80. The fraction of sp³-hybridized carbons (Fsp3) is 0.455. The van der Waals surface area contributed by atoms with Gasteiger partial charge in [-0.25, -0.2) is 9.59 Å². The van der Waals surface area contributed by atoms with Crippen LogP contribution < -0.4 is 19.5 Å². The van der Waals surface area contributed by atoms with Gasteiger partial charge >= 0.3 is 11.9 Å². The zero-order valence-corrected chi connectivity index (χ0v) is 18.5. The SMILES string of the molecule is CCOC(=O)C1=C(C)NC(C)=C(C(=O)OCC)C1c1ccc(OC)c(OC)c1OC. The topological polar surface area (TPSA) is 92.3 Å². The number of ether oxygens (including phenoxy) is 5. The van der Waals surface area contributed by atoms with E-state index >= 15 is 0 Å². The van der Waals surface area contributed by atoms with Crippen molar-refractivity contribution in [3.8, 4) is 17.2 Å². The number of rotatable bonds is 8. The monoisotopic (exact) mass is 419 g/mol. The zero-order valence-electron chi connectivity index (χ0n) is 18.5. The lowest BCUT2D eigenvalue weighted by molar-refractivity contribution is -0.139. The number of dihydropyridines is 1. The average Bonchev–Trinajstić information content (AvgIpc) is 2.71. The number of nitrogens with one attached hydrogen (secondary N) is 1. The summed E-state index contributed by atoms with van der Waals surface area (Å²) in [7, 11) is 4.50. The largest absolute Gasteiger partial charge is 0.493 e. The van der Waals surface area contributed by atoms with Crippen LogP contribution in [0.25, 0.3) is 0 Å². The van der Waals surface area contributed by atoms with Crippen molar-refractivity contribution < 1.29 is 33.3 Å². The van der Waals surface area contributed by atoms with Crippen molar-refractivity contribution in [1.29, 1.82) is 0 Å². The van der Waals surface area contributed by atoms with E-state index in [1.807, 2.05) is 0 Å². The van der Waals surface area contributed by atoms with Gasteiger partial charge in [0.1, 0.15) is 0 Å². The Bertz CT molecular complexity index is 846. The van der Waals surface area contributed by atoms with Crippen molar-refractivity contribution in [1.82, 2.24) is 5.32 Å². The molecule has 0 saturated carbocycles. The summed E-state index contributed by atoms with van der Waals surface area (Å²) >= 11 is 0. The van der Waals surface area contributed by atoms with Crippen molar-refractivity contribution in [3.05, 3.63) is 40.2 Å². The van der Waals surface area contributed by atoms with Crippen LogP contribution in [-0.2, 0) is 19.1 Å². The highest BCUT2D eigenvalue weighted by molar-refractivity contribution is 6.00. The minimum absolute atomic E-state index is 0.197. The van der Waals surface area contributed by atoms with Gasteiger partial charge in [-0.3, -0.25) is 0 Å². The second kappa shape index (κ2) is 10.0. The number of carbonyl (C=O) groups excluding carboxylic acids is 2. The molecular weight excluding hydrogens is 390 g/mol. The molecule has 0 bridgehead atoms. The molecule has 0 aromatic heterocycles. The number of hydrogen-bond acceptors (Lipinski definition) is 8. The normalized spacial score (nSPS) is 14.2. The molecule has 8 nitrogen and oxygen atoms in total. The Kier molecular flexibility index (Phi) is 7.74. The standard InChI is InChI=1S/C22H29NO7/c1-8-29-21(24)16-12(3)23-13(4)17(22(25)30-9-2)18(16)14-10-11-15(26-5)20(28-7)19(14)27-6/h10-11,18,23H,8-9H2,1-7H3. The van der Waals surface area contributed by atoms with Crippen LogP contribution in [0, 0.1) is 0 Å². The zero-order chi connectivity index (χ0) is 22.4. The molecule has 0 saturated heterocycles. The van der Waals surface area contributed by atoms with Gasteiger partial charge in [0.2, 0.25) is 5.75 Å². The van der Waals surface area contributed by atoms with E-state index in [1.54, 1.807) is 39.8 Å². The number of carbonyl (C=O) groups is 2. The lowest BCUT2D eigenvalue weighted by atomic mass is 9.79. The van der Waals surface area contributed by atoms with Gasteiger partial charge in [-0.1, -0.05) is 6.07 Å². The van der Waals surface area contributed by atoms with Crippen LogP contribution in [0.15, 0.2) is 34.7 Å². The Morgan fingerprint density at radius 1 is 0.833 bits per heavy atom. The second-order valence-electron chi connectivity index (χ2n) is 6.50. The summed E-state index contributed by atoms with van der Waals surface area (Å²) in [5.41, 5.74) is 2.33. The molecule has 30 heavy (non-hydrogen) atoms. The van der Waals surface area contributed by atoms with E-state index in [-0.39, 0.29) is 13.2 Å². The maximum atomic E-state index is 12.9. The summed E-state index contributed by atoms with van der Waals surface area (Å²) in [6, 6.07) is 3.45. The van der Waals surface area contributed by atoms with Gasteiger partial charge in [-0.2, -0.15) is 0 Å². The smallest absolute Gasteiger partial charge is 0.336 e. The van der Waals surface area contributed by atoms with E-state index in [0.717, 1.165) is 0 Å². The van der Waals surface area contributed by atoms with E-state index in [2.05, 4.69) is 5.32 Å². The first kappa shape index (κ1) is 23.1. The number of allylic oxidation sites excluding steroid dienone is 2. The molecule has 2 rings (SSSR count). The van der Waals surface area contributed by atoms with E-state index in [9.17, 15) is 9.59 Å². The first-order chi connectivity index (χ1) is 14.4. The van der Waals surface area contributed by atoms with Crippen LogP contribution in [0.1, 0.15) is 39.2 Å². The van der Waals surface area contributed by atoms with Crippen molar-refractivity contribution in [2.24, 2.45) is 0 Å². The maximum absolute atomic E-state index is 12.9. The lowest BCUT2D eigenvalue weighted by Gasteiger charge is -2.31. The predicted octanol–water partition coefficient (Wildman–Crippen LogP) is 3.07. The van der Waals surface area contributed by atoms with Crippen LogP contribution in [-0.4, -0.2) is 46.5 Å². The Morgan fingerprint density at radius 2 is 1.33 bits per heavy atom. The Morgan fingerprint density at radius 3 is 1.73 bits per heavy atom. The quantitative estimate of drug-likeness (QED) is 0.643. The Hall–Kier alpha value is -3.16. The van der Waals surface area contributed by atoms with Gasteiger partial charge in [-0.05, 0) is 33.8 Å². The maximum Gasteiger partial charge on any atom is 0.336 e. The second-order valence-corrected chi connectivity index (χ2v) is 6.50. The summed E-state index contributed by atoms with van der Waals surface area (Å²) in [6.45, 7) is 7.37. The van der Waals surface area contributed by atoms with Crippen LogP contribution in [0.2, 0.25) is 0 Å². The van der Waals surface area contributed by atoms with Crippen molar-refractivity contribution >= 4 is 11.9 Å². The first-order valence-electron chi connectivity index (χ1n) is 9.67. The molecule has 1 heterocycles. The highest BCUT2D eigenvalue weighted by Crippen LogP contribution is 2.48. The molecule has 0 aliphatic carbocycles. The van der Waals surface area contributed by atoms with Crippen LogP contribution >= 0.6 is 0 Å². The summed E-state index contributed by atoms with van der Waals surface area (Å²) in [6.07, 6.45) is 0. The summed E-state index contributed by atoms with van der Waals surface area (Å²) in [4.78, 5) is 25.8. The predicted molar refractivity (Wildman–Crippen MR) is 111 cm³/mol. The van der Waals surface area contributed by atoms with Gasteiger partial charge in [0.25, 0.3) is 0 Å². The van der Waals surface area contributed by atoms with Crippen molar-refractivity contribution in [2.75, 3.05) is 34.5 Å². The van der Waals surface area contributed by atoms with Crippen LogP contribution in [0.5, 0.6) is 17.2 Å². The minimum Gasteiger partial charge on any atom is -0.493 e. The number of benzene rings is 1. The van der Waals surface area contributed by atoms with E-state index in [1.165, 1.54) is 21.3 Å². The molecule has 1 aromatic rings. The van der Waals surface area contributed by atoms with Crippen LogP contribution in [0.3, 0.4) is 0 Å². The molecule has 164 valence electrons. The molecule has 0 fully saturated rings. The molecule has 1 aromatic carbocycles. The van der Waals surface area contributed by atoms with Crippen LogP contribution in [0.4, 0.5) is 0 Å². The third-order valence-electron chi connectivity index (χ3n) is 4.80. The summed E-state index contributed by atoms with van der Waals surface area (Å²) in [5, 5.41) is 3.11. The fourth-order valence-corrected chi connectivity index (χ4v) is 3.62. The summed E-state index contributed by atoms with van der Waals surface area (Å²) in [5.74, 6) is -0.661.